The molecule has 37 heavy (non-hydrogen) atoms. The van der Waals surface area contributed by atoms with Crippen LogP contribution in [0.4, 0.5) is 11.4 Å². The van der Waals surface area contributed by atoms with E-state index in [-0.39, 0.29) is 6.71 Å². The summed E-state index contributed by atoms with van der Waals surface area (Å²) >= 11 is 1.93. The number of fused-ring (bicyclic) bond motifs is 10. The van der Waals surface area contributed by atoms with Crippen molar-refractivity contribution in [2.45, 2.75) is 6.42 Å². The Balaban J connectivity index is 1.52. The minimum Gasteiger partial charge on any atom is -0.315 e. The quantitative estimate of drug-likeness (QED) is 0.221. The largest absolute Gasteiger partial charge is 0.315 e. The molecule has 0 saturated heterocycles. The molecule has 0 N–H and O–H groups in total. The topological polar surface area (TPSA) is 8.17 Å². The summed E-state index contributed by atoms with van der Waals surface area (Å²) in [4.78, 5) is 2.52. The number of hydrogen-bond donors (Lipinski definition) is 0. The molecule has 3 aliphatic rings. The highest BCUT2D eigenvalue weighted by atomic mass is 32.1. The average Bonchev–Trinajstić information content (AvgIpc) is 3.42. The molecule has 0 amide bonds. The van der Waals surface area contributed by atoms with E-state index < -0.39 is 0 Å². The summed E-state index contributed by atoms with van der Waals surface area (Å²) in [7, 11) is 0. The normalized spacial score (nSPS) is 15.1. The van der Waals surface area contributed by atoms with Crippen LogP contribution in [0.15, 0.2) is 115 Å². The number of para-hydroxylation sites is 3. The first-order valence-corrected chi connectivity index (χ1v) is 13.7. The van der Waals surface area contributed by atoms with Gasteiger partial charge in [-0.05, 0) is 52.1 Å². The van der Waals surface area contributed by atoms with E-state index in [1.165, 1.54) is 70.7 Å². The van der Waals surface area contributed by atoms with E-state index in [4.69, 9.17) is 0 Å². The van der Waals surface area contributed by atoms with Crippen molar-refractivity contribution < 1.29 is 0 Å². The number of allylic oxidation sites excluding steroid dienone is 1. The Kier molecular flexibility index (Phi) is 3.84. The molecule has 6 aromatic rings. The van der Waals surface area contributed by atoms with Crippen molar-refractivity contribution in [2.75, 3.05) is 4.90 Å². The molecule has 0 spiro atoms. The molecule has 9 rings (SSSR count). The lowest BCUT2D eigenvalue weighted by atomic mass is 9.33. The van der Waals surface area contributed by atoms with Crippen LogP contribution in [0, 0.1) is 0 Å². The highest BCUT2D eigenvalue weighted by Crippen LogP contribution is 2.49. The second-order valence-electron chi connectivity index (χ2n) is 10.1. The molecule has 1 aliphatic carbocycles. The van der Waals surface area contributed by atoms with Crippen LogP contribution in [0.1, 0.15) is 17.7 Å². The zero-order chi connectivity index (χ0) is 24.1. The molecule has 0 fully saturated rings. The first-order valence-electron chi connectivity index (χ1n) is 12.9. The summed E-state index contributed by atoms with van der Waals surface area (Å²) in [5.74, 6) is 0. The van der Waals surface area contributed by atoms with Crippen molar-refractivity contribution in [1.82, 2.24) is 4.57 Å². The fraction of sp³-hybridized carbons (Fsp3) is 0.0303. The molecule has 0 saturated carbocycles. The zero-order valence-corrected chi connectivity index (χ0v) is 20.9. The molecule has 4 aromatic carbocycles. The Bertz CT molecular complexity index is 1970. The first kappa shape index (κ1) is 19.9. The third-order valence-corrected chi connectivity index (χ3v) is 9.42. The Hall–Kier alpha value is -4.28. The Morgan fingerprint density at radius 2 is 1.49 bits per heavy atom. The van der Waals surface area contributed by atoms with Crippen LogP contribution < -0.4 is 15.8 Å². The number of benzene rings is 4. The van der Waals surface area contributed by atoms with E-state index in [0.717, 1.165) is 6.42 Å². The predicted octanol–water partition coefficient (Wildman–Crippen LogP) is 7.29. The van der Waals surface area contributed by atoms with E-state index in [1.807, 2.05) is 11.3 Å². The molecule has 0 radical (unpaired) electrons. The van der Waals surface area contributed by atoms with Gasteiger partial charge >= 0.3 is 0 Å². The van der Waals surface area contributed by atoms with Gasteiger partial charge in [0.25, 0.3) is 6.71 Å². The standard InChI is InChI=1S/C33H21BN2S/c1-2-11-21(12-3-1)35-27-18-8-6-16-25(27)34-30-24-14-5-9-20-29(24)37-33(30)36-26-17-7-4-13-22(26)23-15-10-19-28(35)31(34)32(23)36/h1-18,20H,19H2. The number of thiophene rings is 1. The molecular weight excluding hydrogens is 467 g/mol. The molecular formula is C33H21BN2S. The number of anilines is 2. The Morgan fingerprint density at radius 3 is 2.41 bits per heavy atom. The zero-order valence-electron chi connectivity index (χ0n) is 20.1. The molecule has 0 bridgehead atoms. The smallest absolute Gasteiger partial charge is 0.253 e. The Labute approximate surface area is 219 Å². The summed E-state index contributed by atoms with van der Waals surface area (Å²) in [6.07, 6.45) is 5.64. The van der Waals surface area contributed by atoms with Gasteiger partial charge in [0.05, 0.1) is 16.2 Å². The van der Waals surface area contributed by atoms with Gasteiger partial charge in [0, 0.05) is 39.1 Å². The number of aromatic nitrogens is 1. The van der Waals surface area contributed by atoms with Crippen molar-refractivity contribution in [3.05, 3.63) is 126 Å². The third kappa shape index (κ3) is 2.46. The van der Waals surface area contributed by atoms with Gasteiger partial charge in [0.15, 0.2) is 0 Å². The van der Waals surface area contributed by atoms with E-state index in [9.17, 15) is 0 Å². The number of hydrogen-bond acceptors (Lipinski definition) is 2. The van der Waals surface area contributed by atoms with E-state index in [2.05, 4.69) is 125 Å². The minimum absolute atomic E-state index is 0.202. The maximum atomic E-state index is 2.57. The lowest BCUT2D eigenvalue weighted by Crippen LogP contribution is -2.53. The number of nitrogens with zero attached hydrogens (tertiary/aromatic N) is 2. The van der Waals surface area contributed by atoms with Gasteiger partial charge in [-0.3, -0.25) is 0 Å². The van der Waals surface area contributed by atoms with E-state index in [1.54, 1.807) is 0 Å². The maximum Gasteiger partial charge on any atom is 0.253 e. The predicted molar refractivity (Wildman–Crippen MR) is 159 cm³/mol. The van der Waals surface area contributed by atoms with Gasteiger partial charge in [0.2, 0.25) is 0 Å². The van der Waals surface area contributed by atoms with Crippen LogP contribution >= 0.6 is 11.3 Å². The van der Waals surface area contributed by atoms with Crippen molar-refractivity contribution in [2.24, 2.45) is 0 Å². The highest BCUT2D eigenvalue weighted by molar-refractivity contribution is 7.25. The van der Waals surface area contributed by atoms with Gasteiger partial charge in [0.1, 0.15) is 0 Å². The molecule has 172 valence electrons. The van der Waals surface area contributed by atoms with Gasteiger partial charge < -0.3 is 9.47 Å². The average molecular weight is 488 g/mol. The monoisotopic (exact) mass is 488 g/mol. The first-order chi connectivity index (χ1) is 18.4. The second-order valence-corrected chi connectivity index (χ2v) is 11.1. The molecule has 4 heteroatoms. The molecule has 2 aliphatic heterocycles. The minimum atomic E-state index is 0.202. The molecule has 0 atom stereocenters. The second kappa shape index (κ2) is 7.15. The van der Waals surface area contributed by atoms with Gasteiger partial charge in [-0.15, -0.1) is 11.3 Å². The summed E-state index contributed by atoms with van der Waals surface area (Å²) in [5.41, 5.74) is 12.2. The van der Waals surface area contributed by atoms with Crippen LogP contribution in [-0.4, -0.2) is 11.3 Å². The van der Waals surface area contributed by atoms with E-state index >= 15 is 0 Å². The SMILES string of the molecule is C1=Cc2c3n(c4ccccc24)-c2sc4ccccc4c2B2C3=C(C1)N(c1ccccc1)c1ccccc12. The summed E-state index contributed by atoms with van der Waals surface area (Å²) in [5, 5.41) is 4.08. The Morgan fingerprint density at radius 1 is 0.730 bits per heavy atom. The van der Waals surface area contributed by atoms with Crippen molar-refractivity contribution in [3.63, 3.8) is 0 Å². The van der Waals surface area contributed by atoms with Crippen LogP contribution in [0.5, 0.6) is 0 Å². The van der Waals surface area contributed by atoms with Crippen LogP contribution in [0.3, 0.4) is 0 Å². The molecule has 2 nitrogen and oxygen atoms in total. The molecule has 4 heterocycles. The third-order valence-electron chi connectivity index (χ3n) is 8.24. The van der Waals surface area contributed by atoms with Crippen molar-refractivity contribution >= 4 is 72.9 Å². The molecule has 2 aromatic heterocycles. The van der Waals surface area contributed by atoms with Crippen LogP contribution in [-0.2, 0) is 0 Å². The van der Waals surface area contributed by atoms with Crippen LogP contribution in [0.25, 0.3) is 37.5 Å². The van der Waals surface area contributed by atoms with Crippen LogP contribution in [0.2, 0.25) is 0 Å². The van der Waals surface area contributed by atoms with E-state index in [0.29, 0.717) is 0 Å². The van der Waals surface area contributed by atoms with Gasteiger partial charge in [-0.2, -0.15) is 0 Å². The summed E-state index contributed by atoms with van der Waals surface area (Å²) < 4.78 is 3.93. The van der Waals surface area contributed by atoms with Crippen molar-refractivity contribution in [3.8, 4) is 5.00 Å². The summed E-state index contributed by atoms with van der Waals surface area (Å²) in [6.45, 7) is 0.202. The van der Waals surface area contributed by atoms with Crippen molar-refractivity contribution in [1.29, 1.82) is 0 Å². The fourth-order valence-corrected chi connectivity index (χ4v) is 8.13. The fourth-order valence-electron chi connectivity index (χ4n) is 6.87. The maximum absolute atomic E-state index is 2.57. The summed E-state index contributed by atoms with van der Waals surface area (Å²) in [6, 6.07) is 37.8. The number of rotatable bonds is 1. The molecule has 0 unspecified atom stereocenters. The lowest BCUT2D eigenvalue weighted by Gasteiger charge is -2.40. The van der Waals surface area contributed by atoms with Gasteiger partial charge in [-0.25, -0.2) is 0 Å². The lowest BCUT2D eigenvalue weighted by molar-refractivity contribution is 1.07. The van der Waals surface area contributed by atoms with Gasteiger partial charge in [-0.1, -0.05) is 84.9 Å². The highest BCUT2D eigenvalue weighted by Gasteiger charge is 2.46.